The van der Waals surface area contributed by atoms with Crippen LogP contribution in [0.5, 0.6) is 0 Å². The maximum absolute atomic E-state index is 13.1. The monoisotopic (exact) mass is 410 g/mol. The van der Waals surface area contributed by atoms with Gasteiger partial charge in [0.2, 0.25) is 5.91 Å². The molecule has 8 nitrogen and oxygen atoms in total. The summed E-state index contributed by atoms with van der Waals surface area (Å²) in [5.74, 6) is -0.197. The predicted octanol–water partition coefficient (Wildman–Crippen LogP) is 1.33. The highest BCUT2D eigenvalue weighted by Gasteiger charge is 2.26. The Kier molecular flexibility index (Phi) is 7.40. The molecule has 1 aliphatic rings. The van der Waals surface area contributed by atoms with E-state index in [1.807, 2.05) is 17.9 Å². The van der Waals surface area contributed by atoms with Crippen molar-refractivity contribution >= 4 is 23.8 Å². The molecule has 2 heterocycles. The number of hydrogen-bond acceptors (Lipinski definition) is 5. The van der Waals surface area contributed by atoms with Gasteiger partial charge in [-0.15, -0.1) is 0 Å². The Morgan fingerprint density at radius 1 is 1.03 bits per heavy atom. The molecule has 1 aromatic carbocycles. The van der Waals surface area contributed by atoms with Crippen molar-refractivity contribution in [3.8, 4) is 0 Å². The van der Waals surface area contributed by atoms with Crippen LogP contribution in [0.3, 0.4) is 0 Å². The molecule has 1 saturated heterocycles. The van der Waals surface area contributed by atoms with Crippen LogP contribution in [0.4, 0.5) is 0 Å². The number of carbonyl (C=O) groups excluding carboxylic acids is 3. The van der Waals surface area contributed by atoms with Crippen molar-refractivity contribution in [3.05, 3.63) is 65.7 Å². The van der Waals surface area contributed by atoms with Crippen LogP contribution in [0.25, 0.3) is 6.08 Å². The normalized spacial score (nSPS) is 15.0. The number of carbonyl (C=O) groups is 3. The first kappa shape index (κ1) is 21.3. The summed E-state index contributed by atoms with van der Waals surface area (Å²) in [4.78, 5) is 41.2. The summed E-state index contributed by atoms with van der Waals surface area (Å²) in [5.41, 5.74) is 0.610. The Morgan fingerprint density at radius 3 is 2.40 bits per heavy atom. The van der Waals surface area contributed by atoms with Gasteiger partial charge in [0, 0.05) is 44.4 Å². The highest BCUT2D eigenvalue weighted by atomic mass is 16.3. The van der Waals surface area contributed by atoms with Gasteiger partial charge in [-0.1, -0.05) is 18.2 Å². The maximum Gasteiger partial charge on any atom is 0.270 e. The van der Waals surface area contributed by atoms with E-state index in [9.17, 15) is 14.4 Å². The fourth-order valence-corrected chi connectivity index (χ4v) is 3.19. The number of amides is 3. The minimum atomic E-state index is -0.364. The fourth-order valence-electron chi connectivity index (χ4n) is 3.19. The molecule has 2 N–H and O–H groups in total. The van der Waals surface area contributed by atoms with Crippen molar-refractivity contribution in [2.45, 2.75) is 6.92 Å². The van der Waals surface area contributed by atoms with E-state index in [1.165, 1.54) is 12.3 Å². The first-order valence-corrected chi connectivity index (χ1v) is 9.96. The molecule has 0 aliphatic carbocycles. The molecule has 2 aromatic rings. The Hall–Kier alpha value is -3.39. The summed E-state index contributed by atoms with van der Waals surface area (Å²) in [6.45, 7) is 4.90. The van der Waals surface area contributed by atoms with Gasteiger partial charge in [-0.05, 0) is 31.2 Å². The highest BCUT2D eigenvalue weighted by molar-refractivity contribution is 6.05. The number of piperazine rings is 1. The molecule has 0 spiro atoms. The lowest BCUT2D eigenvalue weighted by Gasteiger charge is -2.34. The Bertz CT molecular complexity index is 885. The van der Waals surface area contributed by atoms with Crippen LogP contribution in [0.15, 0.2) is 58.8 Å². The van der Waals surface area contributed by atoms with Gasteiger partial charge in [-0.3, -0.25) is 19.3 Å². The first-order valence-electron chi connectivity index (χ1n) is 9.96. The standard InChI is InChI=1S/C22H26N4O4/c1-2-23-20(27)16-25-10-12-26(13-11-25)22(29)19(15-18-9-6-14-30-18)24-21(28)17-7-4-3-5-8-17/h3-9,14-15H,2,10-13,16H2,1H3,(H,23,27)(H,24,28). The van der Waals surface area contributed by atoms with Crippen LogP contribution in [-0.4, -0.2) is 66.8 Å². The summed E-state index contributed by atoms with van der Waals surface area (Å²) in [7, 11) is 0. The summed E-state index contributed by atoms with van der Waals surface area (Å²) in [5, 5.41) is 5.50. The zero-order chi connectivity index (χ0) is 21.3. The highest BCUT2D eigenvalue weighted by Crippen LogP contribution is 2.12. The summed E-state index contributed by atoms with van der Waals surface area (Å²) < 4.78 is 5.32. The Balaban J connectivity index is 1.67. The molecule has 0 radical (unpaired) electrons. The lowest BCUT2D eigenvalue weighted by Crippen LogP contribution is -2.52. The van der Waals surface area contributed by atoms with Crippen LogP contribution >= 0.6 is 0 Å². The number of benzene rings is 1. The minimum absolute atomic E-state index is 0.0224. The van der Waals surface area contributed by atoms with Crippen molar-refractivity contribution in [1.29, 1.82) is 0 Å². The van der Waals surface area contributed by atoms with Gasteiger partial charge in [-0.2, -0.15) is 0 Å². The lowest BCUT2D eigenvalue weighted by atomic mass is 10.2. The third-order valence-corrected chi connectivity index (χ3v) is 4.75. The number of likely N-dealkylation sites (N-methyl/N-ethyl adjacent to an activating group) is 1. The van der Waals surface area contributed by atoms with Crippen molar-refractivity contribution in [1.82, 2.24) is 20.4 Å². The molecular formula is C22H26N4O4. The number of hydrogen-bond donors (Lipinski definition) is 2. The van der Waals surface area contributed by atoms with E-state index in [-0.39, 0.29) is 23.4 Å². The molecule has 30 heavy (non-hydrogen) atoms. The third-order valence-electron chi connectivity index (χ3n) is 4.75. The zero-order valence-electron chi connectivity index (χ0n) is 17.0. The SMILES string of the molecule is CCNC(=O)CN1CCN(C(=O)C(=Cc2ccco2)NC(=O)c2ccccc2)CC1. The van der Waals surface area contributed by atoms with Crippen molar-refractivity contribution in [2.24, 2.45) is 0 Å². The third kappa shape index (κ3) is 5.81. The molecule has 0 bridgehead atoms. The van der Waals surface area contributed by atoms with Gasteiger partial charge in [0.25, 0.3) is 11.8 Å². The van der Waals surface area contributed by atoms with Gasteiger partial charge in [0.05, 0.1) is 12.8 Å². The molecule has 3 rings (SSSR count). The molecule has 8 heteroatoms. The average molecular weight is 410 g/mol. The van der Waals surface area contributed by atoms with E-state index >= 15 is 0 Å². The largest absolute Gasteiger partial charge is 0.465 e. The first-order chi connectivity index (χ1) is 14.6. The van der Waals surface area contributed by atoms with Crippen molar-refractivity contribution in [2.75, 3.05) is 39.3 Å². The fraction of sp³-hybridized carbons (Fsp3) is 0.318. The number of nitrogens with zero attached hydrogens (tertiary/aromatic N) is 2. The number of rotatable bonds is 7. The van der Waals surface area contributed by atoms with Crippen LogP contribution in [0.1, 0.15) is 23.0 Å². The van der Waals surface area contributed by atoms with E-state index < -0.39 is 0 Å². The smallest absolute Gasteiger partial charge is 0.270 e. The van der Waals surface area contributed by atoms with Crippen LogP contribution < -0.4 is 10.6 Å². The Labute approximate surface area is 175 Å². The molecule has 0 unspecified atom stereocenters. The van der Waals surface area contributed by atoms with Crippen LogP contribution in [-0.2, 0) is 9.59 Å². The topological polar surface area (TPSA) is 94.9 Å². The lowest BCUT2D eigenvalue weighted by molar-refractivity contribution is -0.129. The number of nitrogens with one attached hydrogen (secondary N) is 2. The molecule has 1 fully saturated rings. The molecule has 0 atom stereocenters. The van der Waals surface area contributed by atoms with Crippen LogP contribution in [0, 0.1) is 0 Å². The van der Waals surface area contributed by atoms with E-state index in [4.69, 9.17) is 4.42 Å². The van der Waals surface area contributed by atoms with Gasteiger partial charge in [0.1, 0.15) is 11.5 Å². The van der Waals surface area contributed by atoms with E-state index in [0.717, 1.165) is 0 Å². The molecule has 0 saturated carbocycles. The second-order valence-corrected chi connectivity index (χ2v) is 6.92. The average Bonchev–Trinajstić information content (AvgIpc) is 3.27. The van der Waals surface area contributed by atoms with Crippen LogP contribution in [0.2, 0.25) is 0 Å². The summed E-state index contributed by atoms with van der Waals surface area (Å²) >= 11 is 0. The second kappa shape index (κ2) is 10.4. The van der Waals surface area contributed by atoms with Gasteiger partial charge < -0.3 is 20.0 Å². The zero-order valence-corrected chi connectivity index (χ0v) is 17.0. The molecule has 158 valence electrons. The Morgan fingerprint density at radius 2 is 1.77 bits per heavy atom. The van der Waals surface area contributed by atoms with E-state index in [2.05, 4.69) is 10.6 Å². The molecule has 1 aliphatic heterocycles. The summed E-state index contributed by atoms with van der Waals surface area (Å²) in [6, 6.07) is 12.1. The van der Waals surface area contributed by atoms with Gasteiger partial charge in [0.15, 0.2) is 0 Å². The minimum Gasteiger partial charge on any atom is -0.465 e. The maximum atomic E-state index is 13.1. The van der Waals surface area contributed by atoms with E-state index in [0.29, 0.717) is 50.6 Å². The predicted molar refractivity (Wildman–Crippen MR) is 112 cm³/mol. The molecular weight excluding hydrogens is 384 g/mol. The number of furan rings is 1. The second-order valence-electron chi connectivity index (χ2n) is 6.92. The quantitative estimate of drug-likeness (QED) is 0.672. The van der Waals surface area contributed by atoms with Gasteiger partial charge >= 0.3 is 0 Å². The molecule has 3 amide bonds. The molecule has 1 aromatic heterocycles. The summed E-state index contributed by atoms with van der Waals surface area (Å²) in [6.07, 6.45) is 3.04. The van der Waals surface area contributed by atoms with Crippen molar-refractivity contribution in [3.63, 3.8) is 0 Å². The van der Waals surface area contributed by atoms with E-state index in [1.54, 1.807) is 41.3 Å². The van der Waals surface area contributed by atoms with Gasteiger partial charge in [-0.25, -0.2) is 0 Å². The van der Waals surface area contributed by atoms with Crippen molar-refractivity contribution < 1.29 is 18.8 Å².